The number of hydrogen-bond acceptors (Lipinski definition) is 5. The van der Waals surface area contributed by atoms with Crippen LogP contribution in [-0.4, -0.2) is 42.8 Å². The molecule has 0 radical (unpaired) electrons. The van der Waals surface area contributed by atoms with Crippen LogP contribution in [0.5, 0.6) is 0 Å². The minimum absolute atomic E-state index is 0.0159. The fourth-order valence-corrected chi connectivity index (χ4v) is 4.97. The number of alkyl carbamates (subject to hydrolysis) is 1. The normalized spacial score (nSPS) is 16.9. The zero-order chi connectivity index (χ0) is 30.1. The van der Waals surface area contributed by atoms with E-state index < -0.39 is 47.6 Å². The molecule has 1 aliphatic heterocycles. The monoisotopic (exact) mass is 597 g/mol. The van der Waals surface area contributed by atoms with Crippen LogP contribution in [0.2, 0.25) is 5.02 Å². The number of aldehydes is 1. The Morgan fingerprint density at radius 2 is 1.71 bits per heavy atom. The van der Waals surface area contributed by atoms with E-state index in [1.54, 1.807) is 36.4 Å². The Bertz CT molecular complexity index is 1390. The van der Waals surface area contributed by atoms with Crippen molar-refractivity contribution >= 4 is 35.8 Å². The molecular weight excluding hydrogens is 568 g/mol. The van der Waals surface area contributed by atoms with Gasteiger partial charge >= 0.3 is 12.0 Å². The summed E-state index contributed by atoms with van der Waals surface area (Å²) in [7, 11) is 0. The number of alkyl halides is 2. The van der Waals surface area contributed by atoms with E-state index in [9.17, 15) is 19.2 Å². The van der Waals surface area contributed by atoms with Crippen LogP contribution in [0.3, 0.4) is 0 Å². The van der Waals surface area contributed by atoms with Crippen molar-refractivity contribution in [1.29, 1.82) is 0 Å². The molecule has 3 aromatic carbocycles. The smallest absolute Gasteiger partial charge is 0.408 e. The third-order valence-corrected chi connectivity index (χ3v) is 7.19. The van der Waals surface area contributed by atoms with Gasteiger partial charge < -0.3 is 25.5 Å². The van der Waals surface area contributed by atoms with Crippen LogP contribution in [0.1, 0.15) is 35.6 Å². The van der Waals surface area contributed by atoms with Crippen molar-refractivity contribution in [2.75, 3.05) is 6.54 Å². The number of benzene rings is 3. The van der Waals surface area contributed by atoms with E-state index in [4.69, 9.17) is 16.3 Å². The predicted molar refractivity (Wildman–Crippen MR) is 152 cm³/mol. The highest BCUT2D eigenvalue weighted by molar-refractivity contribution is 6.30. The molecule has 0 unspecified atom stereocenters. The van der Waals surface area contributed by atoms with E-state index in [0.29, 0.717) is 24.8 Å². The maximum Gasteiger partial charge on any atom is 0.408 e. The van der Waals surface area contributed by atoms with Crippen molar-refractivity contribution in [2.24, 2.45) is 5.92 Å². The maximum absolute atomic E-state index is 15.8. The lowest BCUT2D eigenvalue weighted by Crippen LogP contribution is -2.52. The summed E-state index contributed by atoms with van der Waals surface area (Å²) in [5, 5.41) is 7.74. The van der Waals surface area contributed by atoms with E-state index in [-0.39, 0.29) is 29.3 Å². The summed E-state index contributed by atoms with van der Waals surface area (Å²) >= 11 is 5.96. The van der Waals surface area contributed by atoms with E-state index in [1.807, 2.05) is 0 Å². The van der Waals surface area contributed by atoms with Crippen LogP contribution in [-0.2, 0) is 31.5 Å². The first-order valence-electron chi connectivity index (χ1n) is 13.4. The Labute approximate surface area is 246 Å². The predicted octanol–water partition coefficient (Wildman–Crippen LogP) is 4.72. The molecule has 8 nitrogen and oxygen atoms in total. The van der Waals surface area contributed by atoms with Gasteiger partial charge in [-0.05, 0) is 36.1 Å². The van der Waals surface area contributed by atoms with Crippen molar-refractivity contribution in [1.82, 2.24) is 16.0 Å². The Morgan fingerprint density at radius 3 is 2.33 bits per heavy atom. The van der Waals surface area contributed by atoms with E-state index in [2.05, 4.69) is 16.0 Å². The average Bonchev–Trinajstić information content (AvgIpc) is 3.39. The van der Waals surface area contributed by atoms with Gasteiger partial charge in [0.1, 0.15) is 12.3 Å². The molecule has 0 bridgehead atoms. The van der Waals surface area contributed by atoms with Crippen molar-refractivity contribution in [3.63, 3.8) is 0 Å². The highest BCUT2D eigenvalue weighted by Gasteiger charge is 2.46. The standard InChI is InChI=1S/C31H30ClF2N3O5/c32-24-13-7-12-23(18-24)31(33,34)27(21-10-5-2-6-11-21)42-30(41)37-26(16-20-8-3-1-4-9-20)29(40)36-25(19-38)17-22-14-15-35-28(22)39/h1-13,18-19,22,25-27H,14-17H2,(H,35,39)(H,36,40)(H,37,41)/t22-,25-,26-,27+/m0/s1. The molecule has 0 aliphatic carbocycles. The van der Waals surface area contributed by atoms with Gasteiger partial charge in [-0.2, -0.15) is 8.78 Å². The topological polar surface area (TPSA) is 114 Å². The second kappa shape index (κ2) is 14.0. The molecule has 4 atom stereocenters. The fourth-order valence-electron chi connectivity index (χ4n) is 4.78. The number of ether oxygens (including phenoxy) is 1. The molecule has 1 heterocycles. The van der Waals surface area contributed by atoms with Crippen LogP contribution in [0, 0.1) is 5.92 Å². The zero-order valence-electron chi connectivity index (χ0n) is 22.5. The van der Waals surface area contributed by atoms with Crippen molar-refractivity contribution in [3.05, 3.63) is 107 Å². The van der Waals surface area contributed by atoms with Crippen LogP contribution in [0.25, 0.3) is 0 Å². The first kappa shape index (κ1) is 30.6. The number of halogens is 3. The molecule has 220 valence electrons. The zero-order valence-corrected chi connectivity index (χ0v) is 23.2. The summed E-state index contributed by atoms with van der Waals surface area (Å²) in [6.07, 6.45) is -2.19. The van der Waals surface area contributed by atoms with E-state index in [1.165, 1.54) is 42.5 Å². The van der Waals surface area contributed by atoms with Crippen LogP contribution in [0.4, 0.5) is 13.6 Å². The molecule has 3 N–H and O–H groups in total. The average molecular weight is 598 g/mol. The third kappa shape index (κ3) is 7.91. The second-order valence-electron chi connectivity index (χ2n) is 9.98. The summed E-state index contributed by atoms with van der Waals surface area (Å²) in [5.41, 5.74) is 0.234. The lowest BCUT2D eigenvalue weighted by molar-refractivity contribution is -0.128. The molecule has 3 aromatic rings. The summed E-state index contributed by atoms with van der Waals surface area (Å²) in [5.74, 6) is -5.06. The van der Waals surface area contributed by atoms with E-state index >= 15 is 8.78 Å². The van der Waals surface area contributed by atoms with Gasteiger partial charge in [-0.15, -0.1) is 0 Å². The molecule has 11 heteroatoms. The number of carbonyl (C=O) groups excluding carboxylic acids is 4. The molecule has 0 aromatic heterocycles. The third-order valence-electron chi connectivity index (χ3n) is 6.95. The highest BCUT2D eigenvalue weighted by atomic mass is 35.5. The Balaban J connectivity index is 1.55. The Hall–Kier alpha value is -4.31. The van der Waals surface area contributed by atoms with Gasteiger partial charge in [0, 0.05) is 29.5 Å². The quantitative estimate of drug-likeness (QED) is 0.262. The Kier molecular flexibility index (Phi) is 10.2. The first-order valence-corrected chi connectivity index (χ1v) is 13.8. The summed E-state index contributed by atoms with van der Waals surface area (Å²) in [6.45, 7) is 0.482. The molecular formula is C31H30ClF2N3O5. The van der Waals surface area contributed by atoms with Crippen LogP contribution in [0.15, 0.2) is 84.9 Å². The molecule has 4 rings (SSSR count). The summed E-state index contributed by atoms with van der Waals surface area (Å²) in [6, 6.07) is 19.0. The number of rotatable bonds is 12. The van der Waals surface area contributed by atoms with Gasteiger partial charge in [0.05, 0.1) is 6.04 Å². The minimum atomic E-state index is -3.69. The van der Waals surface area contributed by atoms with Gasteiger partial charge in [0.2, 0.25) is 11.8 Å². The summed E-state index contributed by atoms with van der Waals surface area (Å²) in [4.78, 5) is 50.2. The number of nitrogens with one attached hydrogen (secondary N) is 3. The SMILES string of the molecule is O=C[C@H](C[C@@H]1CCNC1=O)NC(=O)[C@H](Cc1ccccc1)NC(=O)O[C@H](c1ccccc1)C(F)(F)c1cccc(Cl)c1. The number of amides is 3. The van der Waals surface area contributed by atoms with Crippen molar-refractivity contribution < 1.29 is 32.7 Å². The highest BCUT2D eigenvalue weighted by Crippen LogP contribution is 2.43. The molecule has 3 amide bonds. The summed E-state index contributed by atoms with van der Waals surface area (Å²) < 4.78 is 37.0. The van der Waals surface area contributed by atoms with Gasteiger partial charge in [0.15, 0.2) is 6.10 Å². The van der Waals surface area contributed by atoms with E-state index in [0.717, 1.165) is 6.07 Å². The second-order valence-corrected chi connectivity index (χ2v) is 10.4. The molecule has 1 aliphatic rings. The number of carbonyl (C=O) groups is 4. The van der Waals surface area contributed by atoms with Gasteiger partial charge in [-0.25, -0.2) is 4.79 Å². The Morgan fingerprint density at radius 1 is 1.02 bits per heavy atom. The number of hydrogen-bond donors (Lipinski definition) is 3. The first-order chi connectivity index (χ1) is 20.2. The largest absolute Gasteiger partial charge is 0.434 e. The van der Waals surface area contributed by atoms with Crippen molar-refractivity contribution in [2.45, 2.75) is 43.4 Å². The lowest BCUT2D eigenvalue weighted by Gasteiger charge is -2.29. The molecule has 0 saturated carbocycles. The van der Waals surface area contributed by atoms with Gasteiger partial charge in [0.25, 0.3) is 0 Å². The lowest BCUT2D eigenvalue weighted by atomic mass is 9.97. The minimum Gasteiger partial charge on any atom is -0.434 e. The van der Waals surface area contributed by atoms with Crippen molar-refractivity contribution in [3.8, 4) is 0 Å². The maximum atomic E-state index is 15.8. The fraction of sp³-hybridized carbons (Fsp3) is 0.290. The van der Waals surface area contributed by atoms with Gasteiger partial charge in [-0.1, -0.05) is 84.4 Å². The van der Waals surface area contributed by atoms with Crippen LogP contribution >= 0.6 is 11.6 Å². The van der Waals surface area contributed by atoms with Crippen LogP contribution < -0.4 is 16.0 Å². The van der Waals surface area contributed by atoms with Gasteiger partial charge in [-0.3, -0.25) is 9.59 Å². The molecule has 0 spiro atoms. The molecule has 1 saturated heterocycles. The molecule has 42 heavy (non-hydrogen) atoms. The molecule has 1 fully saturated rings.